The van der Waals surface area contributed by atoms with Gasteiger partial charge in [-0.05, 0) is 17.5 Å². The summed E-state index contributed by atoms with van der Waals surface area (Å²) in [5, 5.41) is 3.52. The van der Waals surface area contributed by atoms with Gasteiger partial charge in [0.15, 0.2) is 0 Å². The fourth-order valence-electron chi connectivity index (χ4n) is 3.13. The van der Waals surface area contributed by atoms with Crippen LogP contribution in [0, 0.1) is 0 Å². The normalized spacial score (nSPS) is 17.8. The highest BCUT2D eigenvalue weighted by Gasteiger charge is 2.23. The summed E-state index contributed by atoms with van der Waals surface area (Å²) >= 11 is 0. The minimum atomic E-state index is 0. The molecule has 1 aliphatic rings. The van der Waals surface area contributed by atoms with Crippen LogP contribution in [0.3, 0.4) is 0 Å². The monoisotopic (exact) mass is 361 g/mol. The van der Waals surface area contributed by atoms with Crippen LogP contribution in [-0.4, -0.2) is 48.6 Å². The molecule has 0 aliphatic carbocycles. The van der Waals surface area contributed by atoms with Gasteiger partial charge in [-0.25, -0.2) is 9.97 Å². The Bertz CT molecular complexity index is 642. The number of aryl methyl sites for hydroxylation is 1. The molecular formula is C19H28ClN5. The van der Waals surface area contributed by atoms with Crippen molar-refractivity contribution >= 4 is 18.4 Å². The number of hydrogen-bond donors (Lipinski definition) is 1. The quantitative estimate of drug-likeness (QED) is 0.887. The van der Waals surface area contributed by atoms with Crippen molar-refractivity contribution in [3.63, 3.8) is 0 Å². The maximum Gasteiger partial charge on any atom is 0.224 e. The van der Waals surface area contributed by atoms with Crippen LogP contribution in [0.5, 0.6) is 0 Å². The molecule has 1 N–H and O–H groups in total. The minimum absolute atomic E-state index is 0. The zero-order valence-corrected chi connectivity index (χ0v) is 16.1. The molecule has 136 valence electrons. The summed E-state index contributed by atoms with van der Waals surface area (Å²) in [6.45, 7) is 6.13. The van der Waals surface area contributed by atoms with Gasteiger partial charge in [0, 0.05) is 64.3 Å². The fourth-order valence-corrected chi connectivity index (χ4v) is 3.13. The predicted molar refractivity (Wildman–Crippen MR) is 105 cm³/mol. The Morgan fingerprint density at radius 1 is 1.12 bits per heavy atom. The number of nitrogens with one attached hydrogen (secondary N) is 1. The molecule has 1 saturated heterocycles. The molecule has 0 radical (unpaired) electrons. The number of aromatic nitrogens is 2. The van der Waals surface area contributed by atoms with Crippen LogP contribution >= 0.6 is 12.4 Å². The zero-order chi connectivity index (χ0) is 16.9. The number of hydrogen-bond acceptors (Lipinski definition) is 5. The molecule has 1 atom stereocenters. The molecule has 0 saturated carbocycles. The molecule has 1 unspecified atom stereocenters. The second-order valence-corrected chi connectivity index (χ2v) is 6.57. The number of halogens is 1. The van der Waals surface area contributed by atoms with Gasteiger partial charge in [-0.1, -0.05) is 31.2 Å². The maximum absolute atomic E-state index is 4.44. The molecule has 2 heterocycles. The topological polar surface area (TPSA) is 44.3 Å². The number of rotatable bonds is 5. The number of nitrogens with zero attached hydrogens (tertiary/aromatic N) is 4. The third-order valence-corrected chi connectivity index (χ3v) is 4.60. The van der Waals surface area contributed by atoms with Crippen LogP contribution in [0.4, 0.5) is 5.95 Å². The highest BCUT2D eigenvalue weighted by atomic mass is 35.5. The summed E-state index contributed by atoms with van der Waals surface area (Å²) < 4.78 is 0. The summed E-state index contributed by atoms with van der Waals surface area (Å²) in [5.41, 5.74) is 3.93. The Hall–Kier alpha value is -1.69. The molecule has 0 spiro atoms. The largest absolute Gasteiger partial charge is 0.347 e. The van der Waals surface area contributed by atoms with Gasteiger partial charge in [0.2, 0.25) is 5.95 Å². The summed E-state index contributed by atoms with van der Waals surface area (Å²) in [7, 11) is 3.92. The average molecular weight is 362 g/mol. The molecule has 2 aromatic rings. The number of piperazine rings is 1. The van der Waals surface area contributed by atoms with Gasteiger partial charge in [0.05, 0.1) is 0 Å². The van der Waals surface area contributed by atoms with Crippen LogP contribution in [-0.2, 0) is 13.0 Å². The second kappa shape index (κ2) is 9.13. The molecule has 0 bridgehead atoms. The molecule has 6 heteroatoms. The van der Waals surface area contributed by atoms with Gasteiger partial charge in [-0.2, -0.15) is 0 Å². The Balaban J connectivity index is 0.00000225. The Labute approximate surface area is 156 Å². The first-order valence-electron chi connectivity index (χ1n) is 8.69. The molecule has 25 heavy (non-hydrogen) atoms. The van der Waals surface area contributed by atoms with Crippen molar-refractivity contribution in [2.45, 2.75) is 25.9 Å². The molecule has 1 fully saturated rings. The number of benzene rings is 1. The van der Waals surface area contributed by atoms with Crippen LogP contribution < -0.4 is 10.2 Å². The van der Waals surface area contributed by atoms with E-state index in [1.165, 1.54) is 11.1 Å². The van der Waals surface area contributed by atoms with E-state index in [-0.39, 0.29) is 12.4 Å². The minimum Gasteiger partial charge on any atom is -0.347 e. The zero-order valence-electron chi connectivity index (χ0n) is 15.3. The summed E-state index contributed by atoms with van der Waals surface area (Å²) in [5.74, 6) is 0.755. The molecule has 1 aromatic heterocycles. The first kappa shape index (κ1) is 19.6. The molecule has 1 aliphatic heterocycles. The van der Waals surface area contributed by atoms with E-state index in [1.54, 1.807) is 0 Å². The van der Waals surface area contributed by atoms with E-state index in [1.807, 2.05) is 31.4 Å². The Kier molecular flexibility index (Phi) is 7.17. The molecule has 5 nitrogen and oxygen atoms in total. The van der Waals surface area contributed by atoms with E-state index < -0.39 is 0 Å². The summed E-state index contributed by atoms with van der Waals surface area (Å²) in [6.07, 6.45) is 4.98. The van der Waals surface area contributed by atoms with Crippen molar-refractivity contribution in [3.05, 3.63) is 53.3 Å². The summed E-state index contributed by atoms with van der Waals surface area (Å²) in [4.78, 5) is 13.3. The average Bonchev–Trinajstić information content (AvgIpc) is 2.63. The van der Waals surface area contributed by atoms with Crippen molar-refractivity contribution in [1.29, 1.82) is 0 Å². The standard InChI is InChI=1S/C19H27N5.ClH/c1-4-15-5-7-17(8-6-15)18-13-20-9-10-24(18)14-16-11-21-19(22-12-16)23(2)3;/h5-8,11-12,18,20H,4,9-10,13-14H2,1-3H3;1H. The lowest BCUT2D eigenvalue weighted by atomic mass is 10.0. The van der Waals surface area contributed by atoms with E-state index in [4.69, 9.17) is 0 Å². The van der Waals surface area contributed by atoms with Crippen molar-refractivity contribution in [2.24, 2.45) is 0 Å². The van der Waals surface area contributed by atoms with Crippen LogP contribution in [0.25, 0.3) is 0 Å². The lowest BCUT2D eigenvalue weighted by Crippen LogP contribution is -2.45. The smallest absolute Gasteiger partial charge is 0.224 e. The molecule has 3 rings (SSSR count). The highest BCUT2D eigenvalue weighted by molar-refractivity contribution is 5.85. The van der Waals surface area contributed by atoms with E-state index in [0.29, 0.717) is 6.04 Å². The Morgan fingerprint density at radius 2 is 1.80 bits per heavy atom. The van der Waals surface area contributed by atoms with E-state index >= 15 is 0 Å². The highest BCUT2D eigenvalue weighted by Crippen LogP contribution is 2.24. The third kappa shape index (κ3) is 4.91. The molecular weight excluding hydrogens is 334 g/mol. The fraction of sp³-hybridized carbons (Fsp3) is 0.474. The lowest BCUT2D eigenvalue weighted by molar-refractivity contribution is 0.153. The second-order valence-electron chi connectivity index (χ2n) is 6.57. The van der Waals surface area contributed by atoms with E-state index in [9.17, 15) is 0 Å². The van der Waals surface area contributed by atoms with Crippen molar-refractivity contribution in [3.8, 4) is 0 Å². The van der Waals surface area contributed by atoms with Gasteiger partial charge < -0.3 is 10.2 Å². The molecule has 1 aromatic carbocycles. The predicted octanol–water partition coefficient (Wildman–Crippen LogP) is 2.67. The van der Waals surface area contributed by atoms with Crippen molar-refractivity contribution < 1.29 is 0 Å². The van der Waals surface area contributed by atoms with Gasteiger partial charge in [0.25, 0.3) is 0 Å². The van der Waals surface area contributed by atoms with Gasteiger partial charge >= 0.3 is 0 Å². The third-order valence-electron chi connectivity index (χ3n) is 4.60. The van der Waals surface area contributed by atoms with Crippen LogP contribution in [0.1, 0.15) is 29.7 Å². The van der Waals surface area contributed by atoms with E-state index in [2.05, 4.69) is 51.4 Å². The first-order valence-corrected chi connectivity index (χ1v) is 8.69. The summed E-state index contributed by atoms with van der Waals surface area (Å²) in [6, 6.07) is 9.44. The van der Waals surface area contributed by atoms with Crippen molar-refractivity contribution in [1.82, 2.24) is 20.2 Å². The maximum atomic E-state index is 4.44. The van der Waals surface area contributed by atoms with Gasteiger partial charge in [-0.3, -0.25) is 4.90 Å². The number of anilines is 1. The lowest BCUT2D eigenvalue weighted by Gasteiger charge is -2.36. The Morgan fingerprint density at radius 3 is 2.40 bits per heavy atom. The van der Waals surface area contributed by atoms with Crippen LogP contribution in [0.15, 0.2) is 36.7 Å². The van der Waals surface area contributed by atoms with Gasteiger partial charge in [0.1, 0.15) is 0 Å². The van der Waals surface area contributed by atoms with Crippen molar-refractivity contribution in [2.75, 3.05) is 38.6 Å². The van der Waals surface area contributed by atoms with Crippen LogP contribution in [0.2, 0.25) is 0 Å². The van der Waals surface area contributed by atoms with Gasteiger partial charge in [-0.15, -0.1) is 12.4 Å². The SMILES string of the molecule is CCc1ccc(C2CNCCN2Cc2cnc(N(C)C)nc2)cc1.Cl. The van der Waals surface area contributed by atoms with E-state index in [0.717, 1.165) is 44.1 Å². The first-order chi connectivity index (χ1) is 11.7. The molecule has 0 amide bonds.